The van der Waals surface area contributed by atoms with E-state index in [1.807, 2.05) is 6.92 Å². The molecular formula is C10H16N4O2S. The predicted molar refractivity (Wildman–Crippen MR) is 65.4 cm³/mol. The normalized spacial score (nSPS) is 16.6. The lowest BCUT2D eigenvalue weighted by Crippen LogP contribution is -2.38. The first-order valence-corrected chi connectivity index (χ1v) is 6.40. The van der Waals surface area contributed by atoms with E-state index >= 15 is 0 Å². The van der Waals surface area contributed by atoms with E-state index in [-0.39, 0.29) is 12.1 Å². The third kappa shape index (κ3) is 3.64. The fourth-order valence-electron chi connectivity index (χ4n) is 1.43. The molecule has 2 rings (SSSR count). The number of carbonyl (C=O) groups excluding carboxylic acids is 1. The van der Waals surface area contributed by atoms with Crippen molar-refractivity contribution in [3.8, 4) is 0 Å². The van der Waals surface area contributed by atoms with Gasteiger partial charge in [0.2, 0.25) is 5.13 Å². The minimum absolute atomic E-state index is 0.0316. The number of nitrogens with zero attached hydrogens (tertiary/aromatic N) is 2. The van der Waals surface area contributed by atoms with Crippen LogP contribution in [0.5, 0.6) is 0 Å². The summed E-state index contributed by atoms with van der Waals surface area (Å²) in [5, 5.41) is 15.0. The van der Waals surface area contributed by atoms with E-state index in [0.717, 1.165) is 5.01 Å². The Hall–Kier alpha value is -1.21. The number of urea groups is 1. The lowest BCUT2D eigenvalue weighted by molar-refractivity contribution is 0.173. The molecular weight excluding hydrogens is 240 g/mol. The monoisotopic (exact) mass is 256 g/mol. The van der Waals surface area contributed by atoms with Crippen LogP contribution in [0, 0.1) is 0 Å². The molecule has 0 aromatic carbocycles. The van der Waals surface area contributed by atoms with Gasteiger partial charge < -0.3 is 10.1 Å². The summed E-state index contributed by atoms with van der Waals surface area (Å²) in [6, 6.07) is -0.302. The molecule has 1 aromatic heterocycles. The summed E-state index contributed by atoms with van der Waals surface area (Å²) in [7, 11) is 1.60. The first kappa shape index (κ1) is 12.3. The number of nitrogens with one attached hydrogen (secondary N) is 2. The molecule has 1 atom stereocenters. The van der Waals surface area contributed by atoms with Crippen LogP contribution >= 0.6 is 11.3 Å². The van der Waals surface area contributed by atoms with E-state index in [1.54, 1.807) is 7.11 Å². The van der Waals surface area contributed by atoms with Crippen molar-refractivity contribution in [1.82, 2.24) is 15.5 Å². The smallest absolute Gasteiger partial charge is 0.321 e. The van der Waals surface area contributed by atoms with Gasteiger partial charge in [0.1, 0.15) is 5.01 Å². The van der Waals surface area contributed by atoms with Gasteiger partial charge in [-0.15, -0.1) is 10.2 Å². The van der Waals surface area contributed by atoms with Crippen molar-refractivity contribution in [2.75, 3.05) is 19.0 Å². The second kappa shape index (κ2) is 5.42. The molecule has 1 fully saturated rings. The minimum atomic E-state index is -0.270. The summed E-state index contributed by atoms with van der Waals surface area (Å²) < 4.78 is 4.93. The Bertz CT molecular complexity index is 391. The maximum Gasteiger partial charge on any atom is 0.321 e. The standard InChI is InChI=1S/C10H16N4O2S/c1-6(5-16-2)11-9(15)12-10-14-13-8(17-10)7-3-4-7/h6-7H,3-5H2,1-2H3,(H2,11,12,14,15). The summed E-state index contributed by atoms with van der Waals surface area (Å²) >= 11 is 1.45. The van der Waals surface area contributed by atoms with Crippen molar-refractivity contribution in [3.63, 3.8) is 0 Å². The quantitative estimate of drug-likeness (QED) is 0.838. The van der Waals surface area contributed by atoms with Gasteiger partial charge in [0.15, 0.2) is 0 Å². The summed E-state index contributed by atoms with van der Waals surface area (Å²) in [6.45, 7) is 2.36. The molecule has 94 valence electrons. The number of methoxy groups -OCH3 is 1. The van der Waals surface area contributed by atoms with Crippen molar-refractivity contribution < 1.29 is 9.53 Å². The van der Waals surface area contributed by atoms with Crippen molar-refractivity contribution in [2.24, 2.45) is 0 Å². The Labute approximate surface area is 104 Å². The predicted octanol–water partition coefficient (Wildman–Crippen LogP) is 1.57. The van der Waals surface area contributed by atoms with Gasteiger partial charge in [-0.1, -0.05) is 11.3 Å². The van der Waals surface area contributed by atoms with Crippen molar-refractivity contribution >= 4 is 22.5 Å². The highest BCUT2D eigenvalue weighted by atomic mass is 32.1. The number of rotatable bonds is 5. The fourth-order valence-corrected chi connectivity index (χ4v) is 2.34. The number of hydrogen-bond acceptors (Lipinski definition) is 5. The molecule has 17 heavy (non-hydrogen) atoms. The van der Waals surface area contributed by atoms with E-state index in [1.165, 1.54) is 24.2 Å². The van der Waals surface area contributed by atoms with Gasteiger partial charge in [0.05, 0.1) is 12.6 Å². The number of aromatic nitrogens is 2. The number of amides is 2. The molecule has 1 aliphatic rings. The highest BCUT2D eigenvalue weighted by Crippen LogP contribution is 2.41. The second-order valence-corrected chi connectivity index (χ2v) is 5.18. The fraction of sp³-hybridized carbons (Fsp3) is 0.700. The molecule has 7 heteroatoms. The topological polar surface area (TPSA) is 76.1 Å². The third-order valence-corrected chi connectivity index (χ3v) is 3.38. The van der Waals surface area contributed by atoms with Gasteiger partial charge in [0, 0.05) is 13.0 Å². The lowest BCUT2D eigenvalue weighted by Gasteiger charge is -2.11. The highest BCUT2D eigenvalue weighted by molar-refractivity contribution is 7.15. The summed E-state index contributed by atoms with van der Waals surface area (Å²) in [4.78, 5) is 11.6. The molecule has 0 radical (unpaired) electrons. The maximum absolute atomic E-state index is 11.6. The minimum Gasteiger partial charge on any atom is -0.383 e. The van der Waals surface area contributed by atoms with E-state index in [9.17, 15) is 4.79 Å². The number of anilines is 1. The van der Waals surface area contributed by atoms with Gasteiger partial charge in [-0.05, 0) is 19.8 Å². The van der Waals surface area contributed by atoms with E-state index < -0.39 is 0 Å². The number of carbonyl (C=O) groups is 1. The van der Waals surface area contributed by atoms with E-state index in [0.29, 0.717) is 17.7 Å². The van der Waals surface area contributed by atoms with Gasteiger partial charge in [0.25, 0.3) is 0 Å². The molecule has 0 aliphatic heterocycles. The molecule has 1 heterocycles. The highest BCUT2D eigenvalue weighted by Gasteiger charge is 2.27. The van der Waals surface area contributed by atoms with Crippen LogP contribution in [-0.2, 0) is 4.74 Å². The largest absolute Gasteiger partial charge is 0.383 e. The van der Waals surface area contributed by atoms with Gasteiger partial charge in [-0.3, -0.25) is 5.32 Å². The average Bonchev–Trinajstić information content (AvgIpc) is 3.01. The maximum atomic E-state index is 11.6. The molecule has 0 spiro atoms. The summed E-state index contributed by atoms with van der Waals surface area (Å²) in [6.07, 6.45) is 2.37. The Morgan fingerprint density at radius 1 is 1.59 bits per heavy atom. The Balaban J connectivity index is 1.80. The summed E-state index contributed by atoms with van der Waals surface area (Å²) in [5.41, 5.74) is 0. The zero-order chi connectivity index (χ0) is 12.3. The second-order valence-electron chi connectivity index (χ2n) is 4.17. The number of hydrogen-bond donors (Lipinski definition) is 2. The Kier molecular flexibility index (Phi) is 3.90. The zero-order valence-electron chi connectivity index (χ0n) is 9.90. The van der Waals surface area contributed by atoms with Crippen LogP contribution in [0.3, 0.4) is 0 Å². The van der Waals surface area contributed by atoms with Crippen LogP contribution < -0.4 is 10.6 Å². The van der Waals surface area contributed by atoms with E-state index in [4.69, 9.17) is 4.74 Å². The molecule has 6 nitrogen and oxygen atoms in total. The molecule has 1 aromatic rings. The van der Waals surface area contributed by atoms with Crippen molar-refractivity contribution in [2.45, 2.75) is 31.7 Å². The van der Waals surface area contributed by atoms with Gasteiger partial charge >= 0.3 is 6.03 Å². The molecule has 0 saturated heterocycles. The number of ether oxygens (including phenoxy) is 1. The van der Waals surface area contributed by atoms with Crippen LogP contribution in [0.15, 0.2) is 0 Å². The van der Waals surface area contributed by atoms with E-state index in [2.05, 4.69) is 20.8 Å². The first-order chi connectivity index (χ1) is 8.19. The average molecular weight is 256 g/mol. The third-order valence-electron chi connectivity index (χ3n) is 2.38. The van der Waals surface area contributed by atoms with Crippen molar-refractivity contribution in [3.05, 3.63) is 5.01 Å². The molecule has 1 aliphatic carbocycles. The molecule has 2 N–H and O–H groups in total. The molecule has 0 bridgehead atoms. The SMILES string of the molecule is COCC(C)NC(=O)Nc1nnc(C2CC2)s1. The van der Waals surface area contributed by atoms with Gasteiger partial charge in [-0.2, -0.15) is 0 Å². The van der Waals surface area contributed by atoms with Crippen LogP contribution in [0.2, 0.25) is 0 Å². The first-order valence-electron chi connectivity index (χ1n) is 5.59. The Morgan fingerprint density at radius 2 is 2.35 bits per heavy atom. The zero-order valence-corrected chi connectivity index (χ0v) is 10.7. The van der Waals surface area contributed by atoms with Gasteiger partial charge in [-0.25, -0.2) is 4.79 Å². The molecule has 1 saturated carbocycles. The lowest BCUT2D eigenvalue weighted by atomic mass is 10.4. The Morgan fingerprint density at radius 3 is 3.00 bits per heavy atom. The van der Waals surface area contributed by atoms with Crippen LogP contribution in [0.1, 0.15) is 30.7 Å². The van der Waals surface area contributed by atoms with Crippen LogP contribution in [0.4, 0.5) is 9.93 Å². The van der Waals surface area contributed by atoms with Crippen LogP contribution in [0.25, 0.3) is 0 Å². The molecule has 2 amide bonds. The van der Waals surface area contributed by atoms with Crippen LogP contribution in [-0.4, -0.2) is 36.0 Å². The summed E-state index contributed by atoms with van der Waals surface area (Å²) in [5.74, 6) is 0.568. The molecule has 1 unspecified atom stereocenters. The van der Waals surface area contributed by atoms with Crippen molar-refractivity contribution in [1.29, 1.82) is 0 Å².